The van der Waals surface area contributed by atoms with E-state index in [9.17, 15) is 9.90 Å². The summed E-state index contributed by atoms with van der Waals surface area (Å²) < 4.78 is 17.5. The minimum atomic E-state index is -1.08. The van der Waals surface area contributed by atoms with Gasteiger partial charge in [0.25, 0.3) is 0 Å². The van der Waals surface area contributed by atoms with Gasteiger partial charge in [-0.25, -0.2) is 4.79 Å². The normalized spacial score (nSPS) is 14.7. The fourth-order valence-electron chi connectivity index (χ4n) is 4.16. The van der Waals surface area contributed by atoms with Crippen LogP contribution in [0.15, 0.2) is 59.1 Å². The number of nitrogens with zero attached hydrogens (tertiary/aromatic N) is 1. The van der Waals surface area contributed by atoms with Crippen LogP contribution in [0.5, 0.6) is 23.0 Å². The quantitative estimate of drug-likeness (QED) is 0.309. The highest BCUT2D eigenvalue weighted by Gasteiger charge is 2.36. The summed E-state index contributed by atoms with van der Waals surface area (Å²) in [7, 11) is 3.14. The topological polar surface area (TPSA) is 80.3 Å². The van der Waals surface area contributed by atoms with Crippen molar-refractivity contribution in [2.75, 3.05) is 27.3 Å². The van der Waals surface area contributed by atoms with E-state index >= 15 is 0 Å². The summed E-state index contributed by atoms with van der Waals surface area (Å²) in [4.78, 5) is 14.6. The fourth-order valence-corrected chi connectivity index (χ4v) is 4.79. The van der Waals surface area contributed by atoms with E-state index in [1.165, 1.54) is 0 Å². The van der Waals surface area contributed by atoms with Gasteiger partial charge in [0.15, 0.2) is 0 Å². The standard InChI is InChI=1S/C27H27BrCl2N2O5/c1-35-21-11-18(12-22(14-21)36-2)27(34)7-9-32(10-8-27)26(33)31-16-17-3-4-19(28)13-25(17)37-20-5-6-23(29)24(30)15-20/h3-6,11-15,34H,7-10,16H2,1-2H3,(H,31,33). The van der Waals surface area contributed by atoms with Crippen molar-refractivity contribution in [3.63, 3.8) is 0 Å². The lowest BCUT2D eigenvalue weighted by atomic mass is 9.84. The third kappa shape index (κ3) is 6.62. The van der Waals surface area contributed by atoms with Crippen LogP contribution in [0.4, 0.5) is 4.79 Å². The first-order valence-electron chi connectivity index (χ1n) is 11.6. The molecule has 0 aliphatic carbocycles. The molecule has 1 aliphatic heterocycles. The summed E-state index contributed by atoms with van der Waals surface area (Å²) >= 11 is 15.6. The number of carbonyl (C=O) groups excluding carboxylic acids is 1. The number of urea groups is 1. The zero-order valence-electron chi connectivity index (χ0n) is 20.4. The van der Waals surface area contributed by atoms with Gasteiger partial charge in [-0.1, -0.05) is 45.2 Å². The van der Waals surface area contributed by atoms with Crippen molar-refractivity contribution in [3.05, 3.63) is 80.2 Å². The summed E-state index contributed by atoms with van der Waals surface area (Å²) in [5, 5.41) is 15.1. The molecule has 3 aromatic rings. The number of rotatable bonds is 7. The maximum atomic E-state index is 12.9. The minimum absolute atomic E-state index is 0.214. The molecule has 4 rings (SSSR count). The minimum Gasteiger partial charge on any atom is -0.497 e. The zero-order chi connectivity index (χ0) is 26.6. The molecule has 0 bridgehead atoms. The van der Waals surface area contributed by atoms with E-state index in [1.807, 2.05) is 18.2 Å². The molecule has 0 radical (unpaired) electrons. The largest absolute Gasteiger partial charge is 0.497 e. The number of nitrogens with one attached hydrogen (secondary N) is 1. The van der Waals surface area contributed by atoms with E-state index in [0.717, 1.165) is 10.0 Å². The third-order valence-corrected chi connectivity index (χ3v) is 7.58. The predicted molar refractivity (Wildman–Crippen MR) is 147 cm³/mol. The van der Waals surface area contributed by atoms with E-state index < -0.39 is 5.60 Å². The van der Waals surface area contributed by atoms with Crippen molar-refractivity contribution < 1.29 is 24.1 Å². The highest BCUT2D eigenvalue weighted by atomic mass is 79.9. The SMILES string of the molecule is COc1cc(OC)cc(C2(O)CCN(C(=O)NCc3ccc(Br)cc3Oc3ccc(Cl)c(Cl)c3)CC2)c1. The lowest BCUT2D eigenvalue weighted by molar-refractivity contribution is -0.0171. The van der Waals surface area contributed by atoms with E-state index in [4.69, 9.17) is 37.4 Å². The molecular formula is C27H27BrCl2N2O5. The molecule has 1 aliphatic rings. The number of benzene rings is 3. The lowest BCUT2D eigenvalue weighted by Crippen LogP contribution is -2.48. The molecule has 196 valence electrons. The smallest absolute Gasteiger partial charge is 0.317 e. The van der Waals surface area contributed by atoms with Crippen LogP contribution in [-0.4, -0.2) is 43.3 Å². The van der Waals surface area contributed by atoms with Crippen molar-refractivity contribution in [1.29, 1.82) is 0 Å². The van der Waals surface area contributed by atoms with Crippen LogP contribution >= 0.6 is 39.1 Å². The average molecular weight is 610 g/mol. The summed E-state index contributed by atoms with van der Waals surface area (Å²) in [5.74, 6) is 2.32. The molecule has 37 heavy (non-hydrogen) atoms. The molecule has 0 spiro atoms. The Labute approximate surface area is 234 Å². The van der Waals surface area contributed by atoms with Gasteiger partial charge in [-0.15, -0.1) is 0 Å². The molecule has 0 aromatic heterocycles. The maximum absolute atomic E-state index is 12.9. The molecule has 10 heteroatoms. The Morgan fingerprint density at radius 2 is 1.65 bits per heavy atom. The monoisotopic (exact) mass is 608 g/mol. The van der Waals surface area contributed by atoms with Crippen LogP contribution < -0.4 is 19.5 Å². The Morgan fingerprint density at radius 3 is 2.27 bits per heavy atom. The molecule has 2 amide bonds. The number of piperidine rings is 1. The van der Waals surface area contributed by atoms with Gasteiger partial charge in [-0.3, -0.25) is 0 Å². The van der Waals surface area contributed by atoms with Crippen molar-refractivity contribution in [3.8, 4) is 23.0 Å². The Hall–Kier alpha value is -2.65. The van der Waals surface area contributed by atoms with Gasteiger partial charge in [0.1, 0.15) is 23.0 Å². The van der Waals surface area contributed by atoms with Gasteiger partial charge in [-0.05, 0) is 54.8 Å². The maximum Gasteiger partial charge on any atom is 0.317 e. The van der Waals surface area contributed by atoms with Crippen LogP contribution in [0.3, 0.4) is 0 Å². The van der Waals surface area contributed by atoms with Crippen LogP contribution in [0.2, 0.25) is 10.0 Å². The summed E-state index contributed by atoms with van der Waals surface area (Å²) in [6.07, 6.45) is 0.779. The molecule has 1 fully saturated rings. The molecule has 0 atom stereocenters. The highest BCUT2D eigenvalue weighted by Crippen LogP contribution is 2.37. The first-order valence-corrected chi connectivity index (χ1v) is 13.2. The molecule has 1 saturated heterocycles. The lowest BCUT2D eigenvalue weighted by Gasteiger charge is -2.38. The first-order chi connectivity index (χ1) is 17.7. The van der Waals surface area contributed by atoms with E-state index in [1.54, 1.807) is 55.5 Å². The van der Waals surface area contributed by atoms with E-state index in [2.05, 4.69) is 21.2 Å². The second-order valence-corrected chi connectivity index (χ2v) is 10.4. The zero-order valence-corrected chi connectivity index (χ0v) is 23.5. The molecule has 3 aromatic carbocycles. The van der Waals surface area contributed by atoms with Crippen molar-refractivity contribution in [2.24, 2.45) is 0 Å². The molecule has 7 nitrogen and oxygen atoms in total. The van der Waals surface area contributed by atoms with Gasteiger partial charge < -0.3 is 29.5 Å². The Balaban J connectivity index is 1.39. The van der Waals surface area contributed by atoms with E-state index in [0.29, 0.717) is 64.5 Å². The second kappa shape index (κ2) is 11.8. The number of likely N-dealkylation sites (tertiary alicyclic amines) is 1. The number of hydrogen-bond acceptors (Lipinski definition) is 5. The van der Waals surface area contributed by atoms with Gasteiger partial charge in [0, 0.05) is 41.8 Å². The number of aliphatic hydroxyl groups is 1. The summed E-state index contributed by atoms with van der Waals surface area (Å²) in [5.41, 5.74) is 0.424. The first kappa shape index (κ1) is 27.4. The highest BCUT2D eigenvalue weighted by molar-refractivity contribution is 9.10. The van der Waals surface area contributed by atoms with Crippen molar-refractivity contribution in [1.82, 2.24) is 10.2 Å². The number of amides is 2. The Kier molecular flexibility index (Phi) is 8.75. The third-order valence-electron chi connectivity index (χ3n) is 6.34. The number of methoxy groups -OCH3 is 2. The van der Waals surface area contributed by atoms with Crippen molar-refractivity contribution in [2.45, 2.75) is 25.0 Å². The van der Waals surface area contributed by atoms with Crippen LogP contribution in [0.1, 0.15) is 24.0 Å². The van der Waals surface area contributed by atoms with Crippen molar-refractivity contribution >= 4 is 45.2 Å². The number of hydrogen-bond donors (Lipinski definition) is 2. The van der Waals surface area contributed by atoms with E-state index in [-0.39, 0.29) is 12.6 Å². The predicted octanol–water partition coefficient (Wildman–Crippen LogP) is 6.76. The van der Waals surface area contributed by atoms with Crippen LogP contribution in [-0.2, 0) is 12.1 Å². The Morgan fingerprint density at radius 1 is 0.973 bits per heavy atom. The molecule has 0 unspecified atom stereocenters. The number of halogens is 3. The average Bonchev–Trinajstić information content (AvgIpc) is 2.90. The summed E-state index contributed by atoms with van der Waals surface area (Å²) in [6, 6.07) is 15.8. The molecule has 0 saturated carbocycles. The number of ether oxygens (including phenoxy) is 3. The second-order valence-electron chi connectivity index (χ2n) is 8.71. The summed E-state index contributed by atoms with van der Waals surface area (Å²) in [6.45, 7) is 1.06. The Bertz CT molecular complexity index is 1260. The van der Waals surface area contributed by atoms with Crippen LogP contribution in [0, 0.1) is 0 Å². The number of carbonyl (C=O) groups is 1. The molecule has 1 heterocycles. The van der Waals surface area contributed by atoms with Gasteiger partial charge in [0.2, 0.25) is 0 Å². The van der Waals surface area contributed by atoms with Crippen LogP contribution in [0.25, 0.3) is 0 Å². The van der Waals surface area contributed by atoms with Gasteiger partial charge in [-0.2, -0.15) is 0 Å². The molecule has 2 N–H and O–H groups in total. The molecular weight excluding hydrogens is 583 g/mol. The fraction of sp³-hybridized carbons (Fsp3) is 0.296. The van der Waals surface area contributed by atoms with Gasteiger partial charge in [0.05, 0.1) is 29.9 Å². The van der Waals surface area contributed by atoms with Gasteiger partial charge >= 0.3 is 6.03 Å².